The summed E-state index contributed by atoms with van der Waals surface area (Å²) in [5, 5.41) is 13.3. The molecule has 1 heterocycles. The molecule has 0 aliphatic carbocycles. The van der Waals surface area contributed by atoms with Gasteiger partial charge in [0.15, 0.2) is 0 Å². The van der Waals surface area contributed by atoms with E-state index < -0.39 is 10.8 Å². The van der Waals surface area contributed by atoms with Gasteiger partial charge in [-0.25, -0.2) is 4.98 Å². The van der Waals surface area contributed by atoms with Gasteiger partial charge in [0.2, 0.25) is 0 Å². The first-order valence-electron chi connectivity index (χ1n) is 5.89. The van der Waals surface area contributed by atoms with E-state index in [1.165, 1.54) is 0 Å². The molecule has 0 radical (unpaired) electrons. The topological polar surface area (TPSA) is 101 Å². The van der Waals surface area contributed by atoms with Gasteiger partial charge in [-0.1, -0.05) is 23.2 Å². The van der Waals surface area contributed by atoms with Crippen molar-refractivity contribution in [2.24, 2.45) is 0 Å². The third kappa shape index (κ3) is 3.71. The highest BCUT2D eigenvalue weighted by Gasteiger charge is 2.19. The quantitative estimate of drug-likeness (QED) is 0.650. The lowest BCUT2D eigenvalue weighted by molar-refractivity contribution is -0.384. The van der Waals surface area contributed by atoms with Crippen molar-refractivity contribution in [1.82, 2.24) is 15.3 Å². The van der Waals surface area contributed by atoms with Gasteiger partial charge in [-0.3, -0.25) is 14.9 Å². The molecule has 0 aliphatic rings. The number of hydrogen-bond donors (Lipinski definition) is 2. The molecule has 0 aliphatic heterocycles. The summed E-state index contributed by atoms with van der Waals surface area (Å²) in [4.78, 5) is 29.1. The van der Waals surface area contributed by atoms with Crippen LogP contribution in [-0.4, -0.2) is 27.3 Å². The largest absolute Gasteiger partial charge is 0.352 e. The average molecular weight is 329 g/mol. The minimum absolute atomic E-state index is 0.0160. The zero-order valence-electron chi connectivity index (χ0n) is 10.6. The second-order valence-corrected chi connectivity index (χ2v) is 4.87. The Morgan fingerprint density at radius 1 is 1.43 bits per heavy atom. The first-order valence-corrected chi connectivity index (χ1v) is 6.64. The fourth-order valence-corrected chi connectivity index (χ4v) is 2.08. The number of benzene rings is 1. The van der Waals surface area contributed by atoms with E-state index in [-0.39, 0.29) is 21.3 Å². The number of halogens is 2. The molecule has 0 atom stereocenters. The minimum atomic E-state index is -0.637. The number of amides is 1. The van der Waals surface area contributed by atoms with Crippen LogP contribution in [0.25, 0.3) is 0 Å². The number of aromatic nitrogens is 2. The van der Waals surface area contributed by atoms with E-state index in [0.29, 0.717) is 13.0 Å². The molecule has 0 fully saturated rings. The van der Waals surface area contributed by atoms with Crippen molar-refractivity contribution in [3.63, 3.8) is 0 Å². The fraction of sp³-hybridized carbons (Fsp3) is 0.167. The number of carbonyl (C=O) groups excluding carboxylic acids is 1. The lowest BCUT2D eigenvalue weighted by atomic mass is 10.2. The second-order valence-electron chi connectivity index (χ2n) is 4.09. The number of nitro groups is 1. The molecule has 0 saturated carbocycles. The first kappa shape index (κ1) is 15.3. The molecule has 7 nitrogen and oxygen atoms in total. The van der Waals surface area contributed by atoms with Crippen molar-refractivity contribution in [2.45, 2.75) is 6.42 Å². The Balaban J connectivity index is 2.09. The van der Waals surface area contributed by atoms with Gasteiger partial charge in [0.1, 0.15) is 5.82 Å². The number of nitrogens with one attached hydrogen (secondary N) is 2. The molecule has 1 aromatic carbocycles. The van der Waals surface area contributed by atoms with Gasteiger partial charge in [-0.2, -0.15) is 0 Å². The first-order chi connectivity index (χ1) is 9.99. The molecule has 1 aromatic heterocycles. The predicted molar refractivity (Wildman–Crippen MR) is 77.7 cm³/mol. The molecule has 21 heavy (non-hydrogen) atoms. The van der Waals surface area contributed by atoms with Gasteiger partial charge in [0.05, 0.1) is 20.5 Å². The maximum Gasteiger partial charge on any atom is 0.271 e. The van der Waals surface area contributed by atoms with Crippen LogP contribution in [0.2, 0.25) is 10.0 Å². The number of imidazole rings is 1. The van der Waals surface area contributed by atoms with E-state index in [4.69, 9.17) is 23.2 Å². The van der Waals surface area contributed by atoms with Gasteiger partial charge in [0, 0.05) is 37.5 Å². The highest BCUT2D eigenvalue weighted by molar-refractivity contribution is 6.44. The Morgan fingerprint density at radius 2 is 2.19 bits per heavy atom. The highest BCUT2D eigenvalue weighted by atomic mass is 35.5. The van der Waals surface area contributed by atoms with Crippen LogP contribution in [-0.2, 0) is 6.42 Å². The molecule has 0 unspecified atom stereocenters. The maximum absolute atomic E-state index is 12.0. The number of hydrogen-bond acceptors (Lipinski definition) is 4. The molecule has 0 bridgehead atoms. The summed E-state index contributed by atoms with van der Waals surface area (Å²) in [5.74, 6) is 0.190. The van der Waals surface area contributed by atoms with Crippen LogP contribution in [0.3, 0.4) is 0 Å². The van der Waals surface area contributed by atoms with E-state index in [0.717, 1.165) is 18.0 Å². The molecule has 0 spiro atoms. The number of aromatic amines is 1. The molecule has 110 valence electrons. The van der Waals surface area contributed by atoms with Crippen molar-refractivity contribution in [3.05, 3.63) is 56.1 Å². The van der Waals surface area contributed by atoms with Crippen LogP contribution in [0.5, 0.6) is 0 Å². The number of nitro benzene ring substituents is 1. The number of H-pyrrole nitrogens is 1. The van der Waals surface area contributed by atoms with Crippen molar-refractivity contribution in [2.75, 3.05) is 6.54 Å². The number of nitrogens with zero attached hydrogens (tertiary/aromatic N) is 2. The van der Waals surface area contributed by atoms with Crippen molar-refractivity contribution >= 4 is 34.8 Å². The third-order valence-corrected chi connectivity index (χ3v) is 3.47. The summed E-state index contributed by atoms with van der Waals surface area (Å²) in [6.45, 7) is 0.309. The van der Waals surface area contributed by atoms with E-state index in [1.807, 2.05) is 0 Å². The van der Waals surface area contributed by atoms with Crippen LogP contribution < -0.4 is 5.32 Å². The summed E-state index contributed by atoms with van der Waals surface area (Å²) in [7, 11) is 0. The Labute approximate surface area is 129 Å². The maximum atomic E-state index is 12.0. The van der Waals surface area contributed by atoms with E-state index in [2.05, 4.69) is 15.3 Å². The Bertz CT molecular complexity index is 673. The van der Waals surface area contributed by atoms with Crippen molar-refractivity contribution in [3.8, 4) is 0 Å². The molecular weight excluding hydrogens is 319 g/mol. The molecule has 0 saturated heterocycles. The average Bonchev–Trinajstić information content (AvgIpc) is 2.94. The molecule has 2 rings (SSSR count). The highest BCUT2D eigenvalue weighted by Crippen LogP contribution is 2.30. The van der Waals surface area contributed by atoms with Crippen LogP contribution in [0.15, 0.2) is 24.5 Å². The van der Waals surface area contributed by atoms with Gasteiger partial charge < -0.3 is 10.3 Å². The molecular formula is C12H10Cl2N4O3. The van der Waals surface area contributed by atoms with Gasteiger partial charge >= 0.3 is 0 Å². The summed E-state index contributed by atoms with van der Waals surface area (Å²) >= 11 is 11.7. The predicted octanol–water partition coefficient (Wildman–Crippen LogP) is 2.60. The summed E-state index contributed by atoms with van der Waals surface area (Å²) < 4.78 is 0. The summed E-state index contributed by atoms with van der Waals surface area (Å²) in [5.41, 5.74) is -0.323. The number of non-ortho nitro benzene ring substituents is 1. The second kappa shape index (κ2) is 6.55. The molecule has 9 heteroatoms. The van der Waals surface area contributed by atoms with E-state index in [1.54, 1.807) is 12.4 Å². The van der Waals surface area contributed by atoms with E-state index >= 15 is 0 Å². The zero-order valence-corrected chi connectivity index (χ0v) is 12.1. The third-order valence-electron chi connectivity index (χ3n) is 2.67. The molecule has 1 amide bonds. The smallest absolute Gasteiger partial charge is 0.271 e. The van der Waals surface area contributed by atoms with E-state index in [9.17, 15) is 14.9 Å². The molecule has 2 aromatic rings. The molecule has 2 N–H and O–H groups in total. The van der Waals surface area contributed by atoms with Crippen molar-refractivity contribution < 1.29 is 9.72 Å². The number of carbonyl (C=O) groups is 1. The lowest BCUT2D eigenvalue weighted by Gasteiger charge is -2.07. The standard InChI is InChI=1S/C12H10Cl2N4O3/c13-9-6-7(18(20)21)5-8(11(9)14)12(19)17-2-1-10-15-3-4-16-10/h3-6H,1-2H2,(H,15,16)(H,17,19). The Kier molecular flexibility index (Phi) is 4.77. The van der Waals surface area contributed by atoms with Crippen molar-refractivity contribution in [1.29, 1.82) is 0 Å². The minimum Gasteiger partial charge on any atom is -0.352 e. The lowest BCUT2D eigenvalue weighted by Crippen LogP contribution is -2.26. The monoisotopic (exact) mass is 328 g/mol. The van der Waals surface area contributed by atoms with Crippen LogP contribution in [0, 0.1) is 10.1 Å². The van der Waals surface area contributed by atoms with Crippen LogP contribution >= 0.6 is 23.2 Å². The summed E-state index contributed by atoms with van der Waals surface area (Å²) in [6.07, 6.45) is 3.78. The number of rotatable bonds is 5. The van der Waals surface area contributed by atoms with Gasteiger partial charge in [0.25, 0.3) is 11.6 Å². The van der Waals surface area contributed by atoms with Gasteiger partial charge in [-0.05, 0) is 0 Å². The van der Waals surface area contributed by atoms with Crippen LogP contribution in [0.1, 0.15) is 16.2 Å². The summed E-state index contributed by atoms with van der Waals surface area (Å²) in [6, 6.07) is 2.19. The normalized spacial score (nSPS) is 10.4. The Hall–Kier alpha value is -2.12. The zero-order chi connectivity index (χ0) is 15.4. The SMILES string of the molecule is O=C(NCCc1ncc[nH]1)c1cc([N+](=O)[O-])cc(Cl)c1Cl. The van der Waals surface area contributed by atoms with Crippen LogP contribution in [0.4, 0.5) is 5.69 Å². The Morgan fingerprint density at radius 3 is 2.81 bits per heavy atom. The fourth-order valence-electron chi connectivity index (χ4n) is 1.67. The van der Waals surface area contributed by atoms with Gasteiger partial charge in [-0.15, -0.1) is 0 Å².